The molecule has 5 heteroatoms. The molecule has 2 atom stereocenters. The highest BCUT2D eigenvalue weighted by Gasteiger charge is 2.37. The van der Waals surface area contributed by atoms with Crippen molar-refractivity contribution < 1.29 is 4.74 Å². The Labute approximate surface area is 130 Å². The van der Waals surface area contributed by atoms with E-state index in [0.29, 0.717) is 6.04 Å². The summed E-state index contributed by atoms with van der Waals surface area (Å²) >= 11 is 3.71. The lowest BCUT2D eigenvalue weighted by Gasteiger charge is -2.40. The van der Waals surface area contributed by atoms with Gasteiger partial charge in [-0.15, -0.1) is 0 Å². The fourth-order valence-electron chi connectivity index (χ4n) is 3.09. The lowest BCUT2D eigenvalue weighted by atomic mass is 9.85. The van der Waals surface area contributed by atoms with Gasteiger partial charge in [0.1, 0.15) is 0 Å². The van der Waals surface area contributed by atoms with Gasteiger partial charge in [0, 0.05) is 26.1 Å². The van der Waals surface area contributed by atoms with Crippen LogP contribution in [-0.4, -0.2) is 35.1 Å². The van der Waals surface area contributed by atoms with Crippen LogP contribution in [0.1, 0.15) is 44.5 Å². The van der Waals surface area contributed by atoms with E-state index in [2.05, 4.69) is 40.2 Å². The van der Waals surface area contributed by atoms with Crippen molar-refractivity contribution in [3.63, 3.8) is 0 Å². The van der Waals surface area contributed by atoms with Gasteiger partial charge in [-0.1, -0.05) is 6.92 Å². The smallest absolute Gasteiger partial charge is 0.0810 e. The van der Waals surface area contributed by atoms with Crippen LogP contribution in [0.3, 0.4) is 0 Å². The summed E-state index contributed by atoms with van der Waals surface area (Å²) in [5.74, 6) is 0. The summed E-state index contributed by atoms with van der Waals surface area (Å²) in [6, 6.07) is 0.305. The maximum absolute atomic E-state index is 6.10. The summed E-state index contributed by atoms with van der Waals surface area (Å²) in [6.45, 7) is 5.25. The predicted octanol–water partition coefficient (Wildman–Crippen LogP) is 2.83. The zero-order valence-corrected chi connectivity index (χ0v) is 14.6. The van der Waals surface area contributed by atoms with Crippen molar-refractivity contribution in [1.82, 2.24) is 15.1 Å². The normalized spacial score (nSPS) is 24.9. The number of likely N-dealkylation sites (N-methyl/N-ethyl adjacent to an activating group) is 1. The molecule has 0 bridgehead atoms. The van der Waals surface area contributed by atoms with E-state index in [1.54, 1.807) is 0 Å². The van der Waals surface area contributed by atoms with Gasteiger partial charge in [0.15, 0.2) is 0 Å². The molecular weight excluding hydrogens is 318 g/mol. The van der Waals surface area contributed by atoms with Gasteiger partial charge in [-0.3, -0.25) is 4.68 Å². The molecule has 1 saturated heterocycles. The third kappa shape index (κ3) is 3.10. The minimum atomic E-state index is -0.0803. The first-order valence-electron chi connectivity index (χ1n) is 7.53. The Morgan fingerprint density at radius 3 is 2.75 bits per heavy atom. The summed E-state index contributed by atoms with van der Waals surface area (Å²) in [7, 11) is 4.05. The Morgan fingerprint density at radius 1 is 1.50 bits per heavy atom. The molecule has 114 valence electrons. The van der Waals surface area contributed by atoms with Crippen molar-refractivity contribution in [2.24, 2.45) is 7.05 Å². The van der Waals surface area contributed by atoms with E-state index in [0.717, 1.165) is 36.0 Å². The summed E-state index contributed by atoms with van der Waals surface area (Å²) in [6.07, 6.45) is 5.43. The van der Waals surface area contributed by atoms with Crippen LogP contribution in [0.4, 0.5) is 0 Å². The molecule has 4 nitrogen and oxygen atoms in total. The van der Waals surface area contributed by atoms with Crippen LogP contribution in [0, 0.1) is 0 Å². The van der Waals surface area contributed by atoms with E-state index >= 15 is 0 Å². The molecule has 0 saturated carbocycles. The monoisotopic (exact) mass is 343 g/mol. The van der Waals surface area contributed by atoms with Crippen LogP contribution in [0.25, 0.3) is 0 Å². The van der Waals surface area contributed by atoms with Gasteiger partial charge in [0.25, 0.3) is 0 Å². The molecule has 0 aromatic carbocycles. The third-order valence-corrected chi connectivity index (χ3v) is 5.40. The van der Waals surface area contributed by atoms with Gasteiger partial charge in [0.05, 0.1) is 21.5 Å². The molecule has 20 heavy (non-hydrogen) atoms. The van der Waals surface area contributed by atoms with Crippen molar-refractivity contribution in [3.05, 3.63) is 15.9 Å². The molecule has 1 aromatic heterocycles. The Kier molecular flexibility index (Phi) is 5.26. The maximum Gasteiger partial charge on any atom is 0.0810 e. The second kappa shape index (κ2) is 6.58. The molecular formula is C15H26BrN3O. The number of hydrogen-bond donors (Lipinski definition) is 1. The van der Waals surface area contributed by atoms with Crippen molar-refractivity contribution in [2.75, 3.05) is 13.7 Å². The van der Waals surface area contributed by atoms with Crippen molar-refractivity contribution in [3.8, 4) is 0 Å². The number of aryl methyl sites for hydroxylation is 2. The van der Waals surface area contributed by atoms with E-state index < -0.39 is 0 Å². The number of halogens is 1. The lowest BCUT2D eigenvalue weighted by Crippen LogP contribution is -2.52. The standard InChI is InChI=1S/C15H26BrN3O/c1-5-11-14(16)12(19(4)18-11)10-13(17-3)15(2)8-6-7-9-20-15/h13,17H,5-10H2,1-4H3. The number of rotatable bonds is 5. The Morgan fingerprint density at radius 2 is 2.25 bits per heavy atom. The molecule has 1 fully saturated rings. The van der Waals surface area contributed by atoms with Crippen LogP contribution >= 0.6 is 15.9 Å². The molecule has 2 unspecified atom stereocenters. The largest absolute Gasteiger partial charge is 0.374 e. The molecule has 1 N–H and O–H groups in total. The minimum Gasteiger partial charge on any atom is -0.374 e. The Bertz CT molecular complexity index is 452. The second-order valence-corrected chi connectivity index (χ2v) is 6.64. The first-order chi connectivity index (χ1) is 9.51. The van der Waals surface area contributed by atoms with Crippen LogP contribution < -0.4 is 5.32 Å². The van der Waals surface area contributed by atoms with Crippen molar-refractivity contribution in [1.29, 1.82) is 0 Å². The molecule has 0 amide bonds. The van der Waals surface area contributed by atoms with Crippen molar-refractivity contribution in [2.45, 2.75) is 57.6 Å². The summed E-state index contributed by atoms with van der Waals surface area (Å²) in [5.41, 5.74) is 2.30. The second-order valence-electron chi connectivity index (χ2n) is 5.85. The van der Waals surface area contributed by atoms with Gasteiger partial charge in [-0.05, 0) is 55.6 Å². The predicted molar refractivity (Wildman–Crippen MR) is 85.0 cm³/mol. The zero-order chi connectivity index (χ0) is 14.8. The minimum absolute atomic E-state index is 0.0803. The van der Waals surface area contributed by atoms with E-state index in [4.69, 9.17) is 4.74 Å². The molecule has 2 heterocycles. The van der Waals surface area contributed by atoms with E-state index in [9.17, 15) is 0 Å². The maximum atomic E-state index is 6.10. The highest BCUT2D eigenvalue weighted by atomic mass is 79.9. The summed E-state index contributed by atoms with van der Waals surface area (Å²) in [5, 5.41) is 8.04. The Hall–Kier alpha value is -0.390. The van der Waals surface area contributed by atoms with Crippen LogP contribution in [0.2, 0.25) is 0 Å². The number of nitrogens with zero attached hydrogens (tertiary/aromatic N) is 2. The molecule has 0 aliphatic carbocycles. The van der Waals surface area contributed by atoms with Crippen LogP contribution in [-0.2, 0) is 24.6 Å². The molecule has 1 aliphatic rings. The highest BCUT2D eigenvalue weighted by Crippen LogP contribution is 2.31. The van der Waals surface area contributed by atoms with Crippen LogP contribution in [0.5, 0.6) is 0 Å². The van der Waals surface area contributed by atoms with E-state index in [-0.39, 0.29) is 5.60 Å². The van der Waals surface area contributed by atoms with Gasteiger partial charge in [-0.2, -0.15) is 5.10 Å². The number of nitrogens with one attached hydrogen (secondary N) is 1. The number of hydrogen-bond acceptors (Lipinski definition) is 3. The van der Waals surface area contributed by atoms with Gasteiger partial charge < -0.3 is 10.1 Å². The fraction of sp³-hybridized carbons (Fsp3) is 0.800. The van der Waals surface area contributed by atoms with Gasteiger partial charge >= 0.3 is 0 Å². The number of ether oxygens (including phenoxy) is 1. The van der Waals surface area contributed by atoms with Crippen molar-refractivity contribution >= 4 is 15.9 Å². The first kappa shape index (κ1) is 16.0. The lowest BCUT2D eigenvalue weighted by molar-refractivity contribution is -0.0873. The van der Waals surface area contributed by atoms with Gasteiger partial charge in [-0.25, -0.2) is 0 Å². The van der Waals surface area contributed by atoms with E-state index in [1.165, 1.54) is 18.5 Å². The third-order valence-electron chi connectivity index (χ3n) is 4.49. The quantitative estimate of drug-likeness (QED) is 0.893. The summed E-state index contributed by atoms with van der Waals surface area (Å²) in [4.78, 5) is 0. The average Bonchev–Trinajstić information content (AvgIpc) is 2.71. The van der Waals surface area contributed by atoms with E-state index in [1.807, 2.05) is 18.8 Å². The highest BCUT2D eigenvalue weighted by molar-refractivity contribution is 9.10. The SMILES string of the molecule is CCc1nn(C)c(CC(NC)C2(C)CCCCO2)c1Br. The zero-order valence-electron chi connectivity index (χ0n) is 13.0. The molecule has 2 rings (SSSR count). The summed E-state index contributed by atoms with van der Waals surface area (Å²) < 4.78 is 9.25. The Balaban J connectivity index is 2.20. The van der Waals surface area contributed by atoms with Gasteiger partial charge in [0.2, 0.25) is 0 Å². The molecule has 1 aromatic rings. The molecule has 0 radical (unpaired) electrons. The van der Waals surface area contributed by atoms with Crippen LogP contribution in [0.15, 0.2) is 4.47 Å². The first-order valence-corrected chi connectivity index (χ1v) is 8.32. The molecule has 1 aliphatic heterocycles. The molecule has 0 spiro atoms. The number of aromatic nitrogens is 2. The fourth-order valence-corrected chi connectivity index (χ4v) is 3.87. The topological polar surface area (TPSA) is 39.1 Å². The average molecular weight is 344 g/mol.